The van der Waals surface area contributed by atoms with E-state index < -0.39 is 10.2 Å². The van der Waals surface area contributed by atoms with Gasteiger partial charge in [-0.15, -0.1) is 3.89 Å². The molecule has 0 aliphatic rings. The molecule has 11 heavy (non-hydrogen) atoms. The first kappa shape index (κ1) is 10.1. The zero-order valence-corrected chi connectivity index (χ0v) is 6.88. The highest BCUT2D eigenvalue weighted by atomic mass is 32.3. The third-order valence-corrected chi connectivity index (χ3v) is 0.667. The maximum Gasteiger partial charge on any atom is 0.299 e. The molecular weight excluding hydrogens is 167 g/mol. The molecule has 2 nitrogen and oxygen atoms in total. The van der Waals surface area contributed by atoms with Crippen LogP contribution in [0.15, 0.2) is 36.4 Å². The largest absolute Gasteiger partial charge is 0.299 e. The van der Waals surface area contributed by atoms with E-state index in [4.69, 9.17) is 8.42 Å². The smallest absolute Gasteiger partial charge is 0.195 e. The van der Waals surface area contributed by atoms with Gasteiger partial charge in [0.05, 0.1) is 6.26 Å². The summed E-state index contributed by atoms with van der Waals surface area (Å²) in [6.07, 6.45) is 0.493. The van der Waals surface area contributed by atoms with E-state index in [0.29, 0.717) is 6.26 Å². The van der Waals surface area contributed by atoms with Crippen molar-refractivity contribution in [1.82, 2.24) is 0 Å². The third kappa shape index (κ3) is 17.6. The SMILES string of the molecule is CS(=O)(=O)F.c1ccccc1. The number of benzene rings is 1. The lowest BCUT2D eigenvalue weighted by atomic mass is 10.4. The second kappa shape index (κ2) is 4.85. The monoisotopic (exact) mass is 176 g/mol. The van der Waals surface area contributed by atoms with Gasteiger partial charge >= 0.3 is 0 Å². The van der Waals surface area contributed by atoms with Gasteiger partial charge < -0.3 is 0 Å². The minimum Gasteiger partial charge on any atom is -0.195 e. The van der Waals surface area contributed by atoms with E-state index in [2.05, 4.69) is 0 Å². The second-order valence-corrected chi connectivity index (χ2v) is 3.20. The van der Waals surface area contributed by atoms with Crippen molar-refractivity contribution < 1.29 is 12.3 Å². The van der Waals surface area contributed by atoms with E-state index in [1.807, 2.05) is 36.4 Å². The molecular formula is C7H9FO2S. The summed E-state index contributed by atoms with van der Waals surface area (Å²) in [6.45, 7) is 0. The summed E-state index contributed by atoms with van der Waals surface area (Å²) in [5.41, 5.74) is 0. The predicted molar refractivity (Wildman–Crippen MR) is 42.4 cm³/mol. The molecule has 0 aromatic heterocycles. The Kier molecular flexibility index (Phi) is 4.45. The fourth-order valence-electron chi connectivity index (χ4n) is 0.385. The molecule has 0 bridgehead atoms. The van der Waals surface area contributed by atoms with Crippen molar-refractivity contribution in [2.24, 2.45) is 0 Å². The van der Waals surface area contributed by atoms with E-state index in [9.17, 15) is 3.89 Å². The maximum absolute atomic E-state index is 10.7. The Labute approximate surface area is 65.9 Å². The lowest BCUT2D eigenvalue weighted by molar-refractivity contribution is 0.559. The van der Waals surface area contributed by atoms with Crippen molar-refractivity contribution in [3.8, 4) is 0 Å². The standard InChI is InChI=1S/C6H6.CH3FO2S/c1-2-4-6-5-3-1;1-5(2,3)4/h1-6H;1H3. The molecule has 4 heteroatoms. The highest BCUT2D eigenvalue weighted by Crippen LogP contribution is 1.79. The van der Waals surface area contributed by atoms with Crippen LogP contribution in [-0.2, 0) is 10.2 Å². The van der Waals surface area contributed by atoms with Crippen molar-refractivity contribution in [2.45, 2.75) is 0 Å². The summed E-state index contributed by atoms with van der Waals surface area (Å²) < 4.78 is 28.6. The quantitative estimate of drug-likeness (QED) is 0.563. The van der Waals surface area contributed by atoms with Gasteiger partial charge in [-0.25, -0.2) is 0 Å². The Morgan fingerprint density at radius 1 is 0.909 bits per heavy atom. The summed E-state index contributed by atoms with van der Waals surface area (Å²) in [5, 5.41) is 0. The number of hydrogen-bond donors (Lipinski definition) is 0. The first-order valence-electron chi connectivity index (χ1n) is 2.90. The van der Waals surface area contributed by atoms with Crippen LogP contribution < -0.4 is 0 Å². The Bertz CT molecular complexity index is 233. The van der Waals surface area contributed by atoms with Crippen LogP contribution in [0.25, 0.3) is 0 Å². The average Bonchev–Trinajstić information content (AvgIpc) is 1.88. The van der Waals surface area contributed by atoms with Gasteiger partial charge in [0.2, 0.25) is 0 Å². The van der Waals surface area contributed by atoms with Gasteiger partial charge in [0.15, 0.2) is 0 Å². The molecule has 0 heterocycles. The molecule has 0 saturated heterocycles. The summed E-state index contributed by atoms with van der Waals surface area (Å²) in [4.78, 5) is 0. The third-order valence-electron chi connectivity index (χ3n) is 0.667. The van der Waals surface area contributed by atoms with E-state index >= 15 is 0 Å². The molecule has 0 spiro atoms. The molecule has 1 rings (SSSR count). The first-order chi connectivity index (χ1) is 5.00. The summed E-state index contributed by atoms with van der Waals surface area (Å²) in [5.74, 6) is 0. The predicted octanol–water partition coefficient (Wildman–Crippen LogP) is 1.60. The molecule has 0 radical (unpaired) electrons. The van der Waals surface area contributed by atoms with Crippen molar-refractivity contribution in [3.63, 3.8) is 0 Å². The molecule has 0 aliphatic heterocycles. The molecule has 62 valence electrons. The Morgan fingerprint density at radius 3 is 1.09 bits per heavy atom. The lowest BCUT2D eigenvalue weighted by Gasteiger charge is -1.69. The zero-order chi connectivity index (χ0) is 8.74. The van der Waals surface area contributed by atoms with E-state index in [0.717, 1.165) is 0 Å². The van der Waals surface area contributed by atoms with Gasteiger partial charge in [0.25, 0.3) is 10.2 Å². The summed E-state index contributed by atoms with van der Waals surface area (Å²) in [7, 11) is -4.17. The number of hydrogen-bond acceptors (Lipinski definition) is 2. The van der Waals surface area contributed by atoms with Crippen LogP contribution in [0.2, 0.25) is 0 Å². The van der Waals surface area contributed by atoms with Gasteiger partial charge in [-0.05, 0) is 0 Å². The summed E-state index contributed by atoms with van der Waals surface area (Å²) >= 11 is 0. The topological polar surface area (TPSA) is 34.1 Å². The van der Waals surface area contributed by atoms with Gasteiger partial charge in [0.1, 0.15) is 0 Å². The zero-order valence-electron chi connectivity index (χ0n) is 6.07. The number of halogens is 1. The van der Waals surface area contributed by atoms with Crippen LogP contribution in [0.3, 0.4) is 0 Å². The molecule has 1 aromatic rings. The van der Waals surface area contributed by atoms with E-state index in [1.165, 1.54) is 0 Å². The molecule has 0 fully saturated rings. The molecule has 0 unspecified atom stereocenters. The fourth-order valence-corrected chi connectivity index (χ4v) is 0.385. The van der Waals surface area contributed by atoms with E-state index in [1.54, 1.807) is 0 Å². The van der Waals surface area contributed by atoms with Gasteiger partial charge in [-0.3, -0.25) is 0 Å². The van der Waals surface area contributed by atoms with Crippen molar-refractivity contribution >= 4 is 10.2 Å². The van der Waals surface area contributed by atoms with Gasteiger partial charge in [0, 0.05) is 0 Å². The molecule has 0 amide bonds. The molecule has 0 N–H and O–H groups in total. The molecule has 1 aromatic carbocycles. The minimum absolute atomic E-state index is 0.493. The molecule has 0 saturated carbocycles. The van der Waals surface area contributed by atoms with Crippen LogP contribution in [0, 0.1) is 0 Å². The lowest BCUT2D eigenvalue weighted by Crippen LogP contribution is -1.78. The van der Waals surface area contributed by atoms with Crippen molar-refractivity contribution in [3.05, 3.63) is 36.4 Å². The van der Waals surface area contributed by atoms with Gasteiger partial charge in [-0.1, -0.05) is 36.4 Å². The summed E-state index contributed by atoms with van der Waals surface area (Å²) in [6, 6.07) is 12.0. The van der Waals surface area contributed by atoms with E-state index in [-0.39, 0.29) is 0 Å². The highest BCUT2D eigenvalue weighted by Gasteiger charge is 1.86. The Balaban J connectivity index is 0.000000187. The number of rotatable bonds is 0. The Hall–Kier alpha value is -0.900. The highest BCUT2D eigenvalue weighted by molar-refractivity contribution is 7.85. The van der Waals surface area contributed by atoms with Crippen molar-refractivity contribution in [2.75, 3.05) is 6.26 Å². The average molecular weight is 176 g/mol. The Morgan fingerprint density at radius 2 is 1.00 bits per heavy atom. The van der Waals surface area contributed by atoms with Crippen LogP contribution in [-0.4, -0.2) is 14.7 Å². The van der Waals surface area contributed by atoms with Crippen LogP contribution in [0.1, 0.15) is 0 Å². The fraction of sp³-hybridized carbons (Fsp3) is 0.143. The van der Waals surface area contributed by atoms with Gasteiger partial charge in [-0.2, -0.15) is 8.42 Å². The minimum atomic E-state index is -4.17. The van der Waals surface area contributed by atoms with Crippen LogP contribution >= 0.6 is 0 Å². The maximum atomic E-state index is 10.7. The van der Waals surface area contributed by atoms with Crippen LogP contribution in [0.5, 0.6) is 0 Å². The molecule has 0 aliphatic carbocycles. The van der Waals surface area contributed by atoms with Crippen LogP contribution in [0.4, 0.5) is 3.89 Å². The first-order valence-corrected chi connectivity index (χ1v) is 4.69. The normalized spacial score (nSPS) is 9.64. The second-order valence-electron chi connectivity index (χ2n) is 1.84. The van der Waals surface area contributed by atoms with Crippen molar-refractivity contribution in [1.29, 1.82) is 0 Å². The molecule has 0 atom stereocenters.